The molecule has 20 heavy (non-hydrogen) atoms. The molecule has 5 nitrogen and oxygen atoms in total. The molecule has 2 rings (SSSR count). The van der Waals surface area contributed by atoms with Gasteiger partial charge in [0, 0.05) is 25.6 Å². The molecule has 110 valence electrons. The molecule has 0 saturated heterocycles. The van der Waals surface area contributed by atoms with E-state index in [1.807, 2.05) is 12.1 Å². The summed E-state index contributed by atoms with van der Waals surface area (Å²) in [6, 6.07) is 7.95. The minimum atomic E-state index is -0.137. The van der Waals surface area contributed by atoms with E-state index in [9.17, 15) is 4.79 Å². The third-order valence-electron chi connectivity index (χ3n) is 3.74. The van der Waals surface area contributed by atoms with Gasteiger partial charge in [0.2, 0.25) is 0 Å². The van der Waals surface area contributed by atoms with Crippen LogP contribution in [0.4, 0.5) is 4.79 Å². The number of hydrogen-bond acceptors (Lipinski definition) is 3. The second kappa shape index (κ2) is 6.61. The lowest BCUT2D eigenvalue weighted by atomic mass is 9.96. The Morgan fingerprint density at radius 2 is 1.90 bits per heavy atom. The lowest BCUT2D eigenvalue weighted by Crippen LogP contribution is -2.41. The minimum Gasteiger partial charge on any atom is -0.497 e. The fraction of sp³-hybridized carbons (Fsp3) is 0.533. The predicted molar refractivity (Wildman–Crippen MR) is 77.2 cm³/mol. The molecule has 0 bridgehead atoms. The number of ether oxygens (including phenoxy) is 2. The maximum atomic E-state index is 11.6. The summed E-state index contributed by atoms with van der Waals surface area (Å²) < 4.78 is 10.1. The molecule has 0 unspecified atom stereocenters. The van der Waals surface area contributed by atoms with Crippen LogP contribution in [0.1, 0.15) is 18.4 Å². The normalized spacial score (nSPS) is 15.5. The Morgan fingerprint density at radius 3 is 2.45 bits per heavy atom. The first-order valence-corrected chi connectivity index (χ1v) is 6.85. The van der Waals surface area contributed by atoms with Crippen molar-refractivity contribution in [2.45, 2.75) is 18.3 Å². The largest absolute Gasteiger partial charge is 0.497 e. The number of hydrogen-bond donors (Lipinski definition) is 2. The number of benzene rings is 1. The first-order chi connectivity index (χ1) is 9.70. The monoisotopic (exact) mass is 278 g/mol. The van der Waals surface area contributed by atoms with Gasteiger partial charge in [-0.05, 0) is 30.5 Å². The number of rotatable bonds is 7. The highest BCUT2D eigenvalue weighted by Gasteiger charge is 2.44. The summed E-state index contributed by atoms with van der Waals surface area (Å²) in [4.78, 5) is 11.6. The van der Waals surface area contributed by atoms with E-state index in [1.165, 1.54) is 5.56 Å². The zero-order chi connectivity index (χ0) is 14.4. The van der Waals surface area contributed by atoms with Crippen molar-refractivity contribution in [2.24, 2.45) is 0 Å². The molecule has 1 saturated carbocycles. The van der Waals surface area contributed by atoms with Gasteiger partial charge in [0.15, 0.2) is 0 Å². The number of carbonyl (C=O) groups excluding carboxylic acids is 1. The van der Waals surface area contributed by atoms with Crippen LogP contribution in [-0.2, 0) is 10.2 Å². The molecule has 0 aromatic heterocycles. The average Bonchev–Trinajstić information content (AvgIpc) is 3.27. The van der Waals surface area contributed by atoms with Gasteiger partial charge in [-0.2, -0.15) is 0 Å². The molecule has 1 aliphatic rings. The van der Waals surface area contributed by atoms with Gasteiger partial charge in [0.25, 0.3) is 0 Å². The van der Waals surface area contributed by atoms with Crippen molar-refractivity contribution in [1.82, 2.24) is 10.6 Å². The van der Waals surface area contributed by atoms with Gasteiger partial charge in [-0.3, -0.25) is 0 Å². The van der Waals surface area contributed by atoms with Gasteiger partial charge in [0.1, 0.15) is 5.75 Å². The molecule has 1 aromatic carbocycles. The highest BCUT2D eigenvalue weighted by molar-refractivity contribution is 5.74. The standard InChI is InChI=1S/C15H22N2O3/c1-19-10-9-16-14(18)17-11-15(7-8-15)12-3-5-13(20-2)6-4-12/h3-6H,7-11H2,1-2H3,(H2,16,17,18). The molecule has 0 spiro atoms. The Morgan fingerprint density at radius 1 is 1.20 bits per heavy atom. The van der Waals surface area contributed by atoms with Gasteiger partial charge in [-0.1, -0.05) is 12.1 Å². The van der Waals surface area contributed by atoms with Gasteiger partial charge in [-0.15, -0.1) is 0 Å². The van der Waals surface area contributed by atoms with Crippen LogP contribution in [0.25, 0.3) is 0 Å². The van der Waals surface area contributed by atoms with E-state index >= 15 is 0 Å². The molecule has 1 aliphatic carbocycles. The molecular formula is C15H22N2O3. The Kier molecular flexibility index (Phi) is 4.84. The van der Waals surface area contributed by atoms with E-state index in [0.717, 1.165) is 18.6 Å². The molecule has 5 heteroatoms. The lowest BCUT2D eigenvalue weighted by Gasteiger charge is -2.17. The Labute approximate surface area is 119 Å². The highest BCUT2D eigenvalue weighted by atomic mass is 16.5. The second-order valence-corrected chi connectivity index (χ2v) is 5.11. The summed E-state index contributed by atoms with van der Waals surface area (Å²) >= 11 is 0. The SMILES string of the molecule is COCCNC(=O)NCC1(c2ccc(OC)cc2)CC1. The predicted octanol–water partition coefficient (Wildman–Crippen LogP) is 1.67. The van der Waals surface area contributed by atoms with Crippen molar-refractivity contribution < 1.29 is 14.3 Å². The summed E-state index contributed by atoms with van der Waals surface area (Å²) in [6.07, 6.45) is 2.22. The maximum Gasteiger partial charge on any atom is 0.314 e. The molecule has 0 atom stereocenters. The fourth-order valence-corrected chi connectivity index (χ4v) is 2.24. The van der Waals surface area contributed by atoms with E-state index < -0.39 is 0 Å². The van der Waals surface area contributed by atoms with Gasteiger partial charge >= 0.3 is 6.03 Å². The van der Waals surface area contributed by atoms with E-state index in [4.69, 9.17) is 9.47 Å². The molecule has 1 fully saturated rings. The average molecular weight is 278 g/mol. The summed E-state index contributed by atoms with van der Waals surface area (Å²) in [5.74, 6) is 0.856. The van der Waals surface area contributed by atoms with E-state index in [2.05, 4.69) is 22.8 Å². The Balaban J connectivity index is 1.83. The van der Waals surface area contributed by atoms with Crippen LogP contribution < -0.4 is 15.4 Å². The summed E-state index contributed by atoms with van der Waals surface area (Å²) in [7, 11) is 3.27. The molecule has 0 heterocycles. The number of nitrogens with one attached hydrogen (secondary N) is 2. The number of carbonyl (C=O) groups is 1. The van der Waals surface area contributed by atoms with Crippen LogP contribution in [0.2, 0.25) is 0 Å². The van der Waals surface area contributed by atoms with Crippen molar-refractivity contribution >= 4 is 6.03 Å². The maximum absolute atomic E-state index is 11.6. The topological polar surface area (TPSA) is 59.6 Å². The molecule has 2 amide bonds. The molecule has 0 aliphatic heterocycles. The summed E-state index contributed by atoms with van der Waals surface area (Å²) in [6.45, 7) is 1.72. The molecule has 1 aromatic rings. The van der Waals surface area contributed by atoms with E-state index in [0.29, 0.717) is 19.7 Å². The van der Waals surface area contributed by atoms with Gasteiger partial charge < -0.3 is 20.1 Å². The smallest absolute Gasteiger partial charge is 0.314 e. The number of amides is 2. The molecular weight excluding hydrogens is 256 g/mol. The Bertz CT molecular complexity index is 441. The van der Waals surface area contributed by atoms with Crippen molar-refractivity contribution in [3.05, 3.63) is 29.8 Å². The molecule has 0 radical (unpaired) electrons. The first kappa shape index (κ1) is 14.7. The van der Waals surface area contributed by atoms with Crippen molar-refractivity contribution in [3.8, 4) is 5.75 Å². The third kappa shape index (κ3) is 3.63. The van der Waals surface area contributed by atoms with Crippen LogP contribution >= 0.6 is 0 Å². The second-order valence-electron chi connectivity index (χ2n) is 5.11. The fourth-order valence-electron chi connectivity index (χ4n) is 2.24. The van der Waals surface area contributed by atoms with Crippen LogP contribution in [0.3, 0.4) is 0 Å². The third-order valence-corrected chi connectivity index (χ3v) is 3.74. The quantitative estimate of drug-likeness (QED) is 0.746. The van der Waals surface area contributed by atoms with Crippen molar-refractivity contribution in [3.63, 3.8) is 0 Å². The van der Waals surface area contributed by atoms with E-state index in [1.54, 1.807) is 14.2 Å². The number of methoxy groups -OCH3 is 2. The van der Waals surface area contributed by atoms with E-state index in [-0.39, 0.29) is 11.4 Å². The summed E-state index contributed by atoms with van der Waals surface area (Å²) in [5.41, 5.74) is 1.36. The first-order valence-electron chi connectivity index (χ1n) is 6.85. The van der Waals surface area contributed by atoms with Gasteiger partial charge in [0.05, 0.1) is 13.7 Å². The van der Waals surface area contributed by atoms with Crippen molar-refractivity contribution in [1.29, 1.82) is 0 Å². The Hall–Kier alpha value is -1.75. The van der Waals surface area contributed by atoms with Crippen LogP contribution in [0.5, 0.6) is 5.75 Å². The summed E-state index contributed by atoms with van der Waals surface area (Å²) in [5, 5.41) is 5.69. The van der Waals surface area contributed by atoms with Crippen LogP contribution in [0, 0.1) is 0 Å². The lowest BCUT2D eigenvalue weighted by molar-refractivity contribution is 0.195. The zero-order valence-electron chi connectivity index (χ0n) is 12.1. The number of urea groups is 1. The van der Waals surface area contributed by atoms with Gasteiger partial charge in [-0.25, -0.2) is 4.79 Å². The molecule has 2 N–H and O–H groups in total. The van der Waals surface area contributed by atoms with Crippen LogP contribution in [0.15, 0.2) is 24.3 Å². The highest BCUT2D eigenvalue weighted by Crippen LogP contribution is 2.47. The minimum absolute atomic E-state index is 0.102. The van der Waals surface area contributed by atoms with Crippen molar-refractivity contribution in [2.75, 3.05) is 33.9 Å². The zero-order valence-corrected chi connectivity index (χ0v) is 12.1. The van der Waals surface area contributed by atoms with Crippen LogP contribution in [-0.4, -0.2) is 39.9 Å².